The van der Waals surface area contributed by atoms with E-state index in [0.717, 1.165) is 5.56 Å². The van der Waals surface area contributed by atoms with Gasteiger partial charge in [-0.15, -0.1) is 0 Å². The van der Waals surface area contributed by atoms with Gasteiger partial charge in [-0.2, -0.15) is 0 Å². The third-order valence-electron chi connectivity index (χ3n) is 6.80. The maximum atomic E-state index is 13.3. The zero-order valence-electron chi connectivity index (χ0n) is 25.5. The molecule has 0 spiro atoms. The average molecular weight is 611 g/mol. The van der Waals surface area contributed by atoms with Gasteiger partial charge in [-0.3, -0.25) is 29.0 Å². The van der Waals surface area contributed by atoms with Crippen molar-refractivity contribution < 1.29 is 33.5 Å². The lowest BCUT2D eigenvalue weighted by atomic mass is 9.94. The van der Waals surface area contributed by atoms with Crippen LogP contribution in [0.2, 0.25) is 0 Å². The van der Waals surface area contributed by atoms with Crippen LogP contribution < -0.4 is 27.0 Å². The summed E-state index contributed by atoms with van der Waals surface area (Å²) < 4.78 is 5.25. The number of pyridine rings is 1. The molecule has 13 nitrogen and oxygen atoms in total. The van der Waals surface area contributed by atoms with Crippen LogP contribution in [-0.2, 0) is 41.7 Å². The second-order valence-electron chi connectivity index (χ2n) is 10.9. The van der Waals surface area contributed by atoms with Gasteiger partial charge in [0.15, 0.2) is 0 Å². The molecule has 13 heteroatoms. The summed E-state index contributed by atoms with van der Waals surface area (Å²) >= 11 is 0. The van der Waals surface area contributed by atoms with E-state index < -0.39 is 66.1 Å². The molecule has 1 aromatic heterocycles. The second-order valence-corrected chi connectivity index (χ2v) is 10.9. The SMILES string of the molecule is CC[C@H](C)C(NC(=O)[C@H](CC(C)C)NC(=O)OCc1ccccc1)C(=O)C(=O)NCC(=O)N[C@@H](Cc1cccnc1)C(N)=O. The summed E-state index contributed by atoms with van der Waals surface area (Å²) in [5.74, 6) is -4.67. The molecule has 0 aliphatic carbocycles. The quantitative estimate of drug-likeness (QED) is 0.164. The molecule has 44 heavy (non-hydrogen) atoms. The number of ether oxygens (including phenoxy) is 1. The van der Waals surface area contributed by atoms with Gasteiger partial charge < -0.3 is 31.7 Å². The maximum absolute atomic E-state index is 13.3. The van der Waals surface area contributed by atoms with Crippen molar-refractivity contribution in [3.8, 4) is 0 Å². The molecule has 0 saturated carbocycles. The van der Waals surface area contributed by atoms with Crippen molar-refractivity contribution in [2.24, 2.45) is 17.6 Å². The highest BCUT2D eigenvalue weighted by Crippen LogP contribution is 2.12. The van der Waals surface area contributed by atoms with Crippen molar-refractivity contribution in [3.63, 3.8) is 0 Å². The largest absolute Gasteiger partial charge is 0.445 e. The second kappa shape index (κ2) is 18.0. The number of hydrogen-bond donors (Lipinski definition) is 5. The summed E-state index contributed by atoms with van der Waals surface area (Å²) in [5.41, 5.74) is 6.85. The third kappa shape index (κ3) is 12.2. The van der Waals surface area contributed by atoms with Crippen LogP contribution in [0.3, 0.4) is 0 Å². The Bertz CT molecular complexity index is 1270. The van der Waals surface area contributed by atoms with E-state index in [2.05, 4.69) is 26.3 Å². The van der Waals surface area contributed by atoms with Crippen LogP contribution in [0.1, 0.15) is 51.7 Å². The van der Waals surface area contributed by atoms with E-state index in [1.165, 1.54) is 6.20 Å². The Kier molecular flexibility index (Phi) is 14.5. The first-order chi connectivity index (χ1) is 20.9. The van der Waals surface area contributed by atoms with Crippen LogP contribution in [0, 0.1) is 11.8 Å². The van der Waals surface area contributed by atoms with Gasteiger partial charge in [-0.05, 0) is 35.4 Å². The van der Waals surface area contributed by atoms with E-state index in [1.54, 1.807) is 44.3 Å². The van der Waals surface area contributed by atoms with Crippen molar-refractivity contribution in [2.75, 3.05) is 6.54 Å². The van der Waals surface area contributed by atoms with Crippen LogP contribution in [0.25, 0.3) is 0 Å². The number of amides is 5. The van der Waals surface area contributed by atoms with E-state index in [1.807, 2.05) is 32.0 Å². The Hall–Kier alpha value is -4.81. The molecule has 0 aliphatic rings. The number of Topliss-reactive ketones (excluding diaryl/α,β-unsaturated/α-hetero) is 1. The van der Waals surface area contributed by atoms with Gasteiger partial charge >= 0.3 is 6.09 Å². The van der Waals surface area contributed by atoms with Gasteiger partial charge in [-0.25, -0.2) is 4.79 Å². The number of nitrogens with two attached hydrogens (primary N) is 1. The molecular weight excluding hydrogens is 568 g/mol. The Balaban J connectivity index is 2.00. The number of nitrogens with one attached hydrogen (secondary N) is 4. The number of hydrogen-bond acceptors (Lipinski definition) is 8. The molecule has 4 atom stereocenters. The number of benzene rings is 1. The summed E-state index contributed by atoms with van der Waals surface area (Å²) in [6, 6.07) is 9.11. The molecule has 2 aromatic rings. The van der Waals surface area contributed by atoms with Crippen LogP contribution >= 0.6 is 0 Å². The normalized spacial score (nSPS) is 13.5. The summed E-state index contributed by atoms with van der Waals surface area (Å²) in [6.45, 7) is 6.62. The number of carbonyl (C=O) groups excluding carboxylic acids is 6. The number of primary amides is 1. The van der Waals surface area contributed by atoms with Crippen molar-refractivity contribution in [1.82, 2.24) is 26.3 Å². The first-order valence-electron chi connectivity index (χ1n) is 14.5. The zero-order valence-corrected chi connectivity index (χ0v) is 25.5. The highest BCUT2D eigenvalue weighted by molar-refractivity contribution is 6.38. The monoisotopic (exact) mass is 610 g/mol. The summed E-state index contributed by atoms with van der Waals surface area (Å²) in [4.78, 5) is 79.9. The molecular formula is C31H42N6O7. The molecule has 6 N–H and O–H groups in total. The Labute approximate surface area is 257 Å². The number of ketones is 1. The fourth-order valence-corrected chi connectivity index (χ4v) is 4.18. The minimum atomic E-state index is -1.23. The minimum absolute atomic E-state index is 0.00196. The maximum Gasteiger partial charge on any atom is 0.408 e. The molecule has 1 aromatic carbocycles. The van der Waals surface area contributed by atoms with Gasteiger partial charge in [0.2, 0.25) is 23.5 Å². The topological polar surface area (TPSA) is 199 Å². The van der Waals surface area contributed by atoms with Gasteiger partial charge in [0.1, 0.15) is 18.7 Å². The average Bonchev–Trinajstić information content (AvgIpc) is 3.00. The highest BCUT2D eigenvalue weighted by atomic mass is 16.5. The van der Waals surface area contributed by atoms with Crippen LogP contribution in [0.4, 0.5) is 4.79 Å². The lowest BCUT2D eigenvalue weighted by molar-refractivity contribution is -0.141. The van der Waals surface area contributed by atoms with Crippen molar-refractivity contribution >= 4 is 35.5 Å². The summed E-state index contributed by atoms with van der Waals surface area (Å²) in [6.07, 6.45) is 3.07. The molecule has 1 unspecified atom stereocenters. The highest BCUT2D eigenvalue weighted by Gasteiger charge is 2.34. The van der Waals surface area contributed by atoms with E-state index in [-0.39, 0.29) is 25.4 Å². The van der Waals surface area contributed by atoms with E-state index in [4.69, 9.17) is 10.5 Å². The Morgan fingerprint density at radius 1 is 0.886 bits per heavy atom. The molecule has 0 aliphatic heterocycles. The predicted octanol–water partition coefficient (Wildman–Crippen LogP) is 1.15. The summed E-state index contributed by atoms with van der Waals surface area (Å²) in [7, 11) is 0. The zero-order chi connectivity index (χ0) is 32.6. The van der Waals surface area contributed by atoms with Gasteiger partial charge in [0, 0.05) is 18.8 Å². The van der Waals surface area contributed by atoms with E-state index in [0.29, 0.717) is 12.0 Å². The first kappa shape index (κ1) is 35.4. The minimum Gasteiger partial charge on any atom is -0.445 e. The number of carbonyl (C=O) groups is 6. The van der Waals surface area contributed by atoms with E-state index >= 15 is 0 Å². The standard InChI is InChI=1S/C31H42N6O7/c1-5-20(4)26(37-29(41)24(14-19(2)3)36-31(43)44-18-21-10-7-6-8-11-21)27(39)30(42)34-17-25(38)35-23(28(32)40)15-22-12-9-13-33-16-22/h6-13,16,19-20,23-24,26H,5,14-15,17-18H2,1-4H3,(H2,32,40)(H,34,42)(H,35,38)(H,36,43)(H,37,41)/t20-,23-,24-,26?/m0/s1. The molecule has 238 valence electrons. The third-order valence-corrected chi connectivity index (χ3v) is 6.80. The van der Waals surface area contributed by atoms with Gasteiger partial charge in [0.25, 0.3) is 5.91 Å². The lowest BCUT2D eigenvalue weighted by Crippen LogP contribution is -2.56. The molecule has 0 fully saturated rings. The van der Waals surface area contributed by atoms with Crippen LogP contribution in [0.5, 0.6) is 0 Å². The molecule has 2 rings (SSSR count). The molecule has 0 radical (unpaired) electrons. The van der Waals surface area contributed by atoms with Gasteiger partial charge in [0.05, 0.1) is 12.6 Å². The van der Waals surface area contributed by atoms with Gasteiger partial charge in [-0.1, -0.05) is 70.5 Å². The molecule has 0 saturated heterocycles. The van der Waals surface area contributed by atoms with Crippen LogP contribution in [0.15, 0.2) is 54.9 Å². The molecule has 0 bridgehead atoms. The number of rotatable bonds is 17. The Morgan fingerprint density at radius 3 is 2.16 bits per heavy atom. The van der Waals surface area contributed by atoms with Crippen LogP contribution in [-0.4, -0.2) is 65.2 Å². The smallest absolute Gasteiger partial charge is 0.408 e. The predicted molar refractivity (Wildman–Crippen MR) is 161 cm³/mol. The number of nitrogens with zero attached hydrogens (tertiary/aromatic N) is 1. The van der Waals surface area contributed by atoms with Crippen molar-refractivity contribution in [2.45, 2.75) is 71.7 Å². The lowest BCUT2D eigenvalue weighted by Gasteiger charge is -2.26. The van der Waals surface area contributed by atoms with Crippen molar-refractivity contribution in [1.29, 1.82) is 0 Å². The Morgan fingerprint density at radius 2 is 1.57 bits per heavy atom. The van der Waals surface area contributed by atoms with E-state index in [9.17, 15) is 28.8 Å². The number of alkyl carbamates (subject to hydrolysis) is 1. The fraction of sp³-hybridized carbons (Fsp3) is 0.452. The summed E-state index contributed by atoms with van der Waals surface area (Å²) in [5, 5.41) is 9.84. The molecule has 5 amide bonds. The first-order valence-corrected chi connectivity index (χ1v) is 14.5. The fourth-order valence-electron chi connectivity index (χ4n) is 4.18. The van der Waals surface area contributed by atoms with Crippen molar-refractivity contribution in [3.05, 3.63) is 66.0 Å². The number of aromatic nitrogens is 1. The molecule has 1 heterocycles.